The molecule has 1 saturated heterocycles. The molecule has 0 unspecified atom stereocenters. The molecule has 1 aliphatic rings. The van der Waals surface area contributed by atoms with Crippen LogP contribution < -0.4 is 11.2 Å². The van der Waals surface area contributed by atoms with Gasteiger partial charge in [-0.15, -0.1) is 0 Å². The first-order valence-electron chi connectivity index (χ1n) is 8.38. The van der Waals surface area contributed by atoms with Crippen LogP contribution in [0.25, 0.3) is 0 Å². The number of H-pyrrole nitrogens is 1. The second kappa shape index (κ2) is 7.04. The standard InChI is InChI=1S/C16H21N5O4/c1-10(2)14-18-15(25-19-14)11-4-3-7-21(11)13(23)6-9-20-8-5-12(22)17-16(20)24/h5,8,10-11H,3-4,6-7,9H2,1-2H3,(H,17,22,24)/t11-/m1/s1. The molecule has 2 aromatic rings. The van der Waals surface area contributed by atoms with Crippen molar-refractivity contribution in [3.63, 3.8) is 0 Å². The highest BCUT2D eigenvalue weighted by molar-refractivity contribution is 5.76. The van der Waals surface area contributed by atoms with Gasteiger partial charge in [0.2, 0.25) is 11.8 Å². The number of amides is 1. The third-order valence-electron chi connectivity index (χ3n) is 4.30. The van der Waals surface area contributed by atoms with Gasteiger partial charge in [-0.2, -0.15) is 4.98 Å². The molecule has 1 aliphatic heterocycles. The molecule has 2 aromatic heterocycles. The Morgan fingerprint density at radius 2 is 2.24 bits per heavy atom. The summed E-state index contributed by atoms with van der Waals surface area (Å²) in [5.41, 5.74) is -0.971. The van der Waals surface area contributed by atoms with Crippen LogP contribution in [-0.2, 0) is 11.3 Å². The van der Waals surface area contributed by atoms with Gasteiger partial charge in [-0.1, -0.05) is 19.0 Å². The fourth-order valence-electron chi connectivity index (χ4n) is 2.92. The van der Waals surface area contributed by atoms with Crippen LogP contribution in [0.5, 0.6) is 0 Å². The van der Waals surface area contributed by atoms with Crippen LogP contribution in [-0.4, -0.2) is 37.0 Å². The maximum Gasteiger partial charge on any atom is 0.328 e. The van der Waals surface area contributed by atoms with Crippen LogP contribution in [0.2, 0.25) is 0 Å². The van der Waals surface area contributed by atoms with E-state index < -0.39 is 11.2 Å². The summed E-state index contributed by atoms with van der Waals surface area (Å²) in [6.07, 6.45) is 3.20. The van der Waals surface area contributed by atoms with Crippen LogP contribution in [0.1, 0.15) is 56.8 Å². The van der Waals surface area contributed by atoms with Crippen molar-refractivity contribution in [3.8, 4) is 0 Å². The van der Waals surface area contributed by atoms with Gasteiger partial charge < -0.3 is 14.0 Å². The molecule has 1 N–H and O–H groups in total. The Morgan fingerprint density at radius 1 is 1.44 bits per heavy atom. The van der Waals surface area contributed by atoms with Crippen LogP contribution in [0.4, 0.5) is 0 Å². The van der Waals surface area contributed by atoms with Crippen molar-refractivity contribution in [2.75, 3.05) is 6.54 Å². The molecule has 134 valence electrons. The van der Waals surface area contributed by atoms with Gasteiger partial charge in [-0.3, -0.25) is 14.6 Å². The number of nitrogens with one attached hydrogen (secondary N) is 1. The minimum atomic E-state index is -0.517. The summed E-state index contributed by atoms with van der Waals surface area (Å²) in [5.74, 6) is 1.19. The zero-order valence-electron chi connectivity index (χ0n) is 14.3. The third-order valence-corrected chi connectivity index (χ3v) is 4.30. The quantitative estimate of drug-likeness (QED) is 0.855. The smallest absolute Gasteiger partial charge is 0.328 e. The molecule has 0 spiro atoms. The molecule has 0 bridgehead atoms. The molecule has 3 heterocycles. The summed E-state index contributed by atoms with van der Waals surface area (Å²) < 4.78 is 6.65. The van der Waals surface area contributed by atoms with Gasteiger partial charge in [0.25, 0.3) is 5.56 Å². The van der Waals surface area contributed by atoms with E-state index >= 15 is 0 Å². The van der Waals surface area contributed by atoms with Crippen molar-refractivity contribution < 1.29 is 9.32 Å². The highest BCUT2D eigenvalue weighted by Gasteiger charge is 2.33. The van der Waals surface area contributed by atoms with E-state index in [1.54, 1.807) is 4.90 Å². The Kier molecular flexibility index (Phi) is 4.82. The van der Waals surface area contributed by atoms with E-state index in [1.165, 1.54) is 16.8 Å². The summed E-state index contributed by atoms with van der Waals surface area (Å²) in [4.78, 5) is 43.6. The number of aromatic amines is 1. The van der Waals surface area contributed by atoms with Gasteiger partial charge in [0.15, 0.2) is 5.82 Å². The molecule has 0 saturated carbocycles. The first-order valence-corrected chi connectivity index (χ1v) is 8.38. The van der Waals surface area contributed by atoms with Crippen molar-refractivity contribution in [2.24, 2.45) is 0 Å². The van der Waals surface area contributed by atoms with E-state index in [1.807, 2.05) is 13.8 Å². The van der Waals surface area contributed by atoms with E-state index in [0.29, 0.717) is 18.3 Å². The Bertz CT molecular complexity index is 866. The van der Waals surface area contributed by atoms with Gasteiger partial charge in [0.05, 0.1) is 0 Å². The van der Waals surface area contributed by atoms with Gasteiger partial charge >= 0.3 is 5.69 Å². The number of nitrogens with zero attached hydrogens (tertiary/aromatic N) is 4. The number of aromatic nitrogens is 4. The van der Waals surface area contributed by atoms with Crippen LogP contribution >= 0.6 is 0 Å². The number of aryl methyl sites for hydroxylation is 1. The van der Waals surface area contributed by atoms with Crippen molar-refractivity contribution in [3.05, 3.63) is 44.8 Å². The summed E-state index contributed by atoms with van der Waals surface area (Å²) in [5, 5.41) is 3.96. The lowest BCUT2D eigenvalue weighted by molar-refractivity contribution is -0.132. The Morgan fingerprint density at radius 3 is 2.92 bits per heavy atom. The second-order valence-corrected chi connectivity index (χ2v) is 6.44. The lowest BCUT2D eigenvalue weighted by Gasteiger charge is -2.22. The molecule has 1 amide bonds. The van der Waals surface area contributed by atoms with Crippen molar-refractivity contribution in [2.45, 2.75) is 51.6 Å². The fraction of sp³-hybridized carbons (Fsp3) is 0.562. The van der Waals surface area contributed by atoms with E-state index in [9.17, 15) is 14.4 Å². The topological polar surface area (TPSA) is 114 Å². The number of carbonyl (C=O) groups excluding carboxylic acids is 1. The molecule has 1 fully saturated rings. The summed E-state index contributed by atoms with van der Waals surface area (Å²) in [6, 6.07) is 1.05. The second-order valence-electron chi connectivity index (χ2n) is 6.44. The van der Waals surface area contributed by atoms with Gasteiger partial charge in [0, 0.05) is 37.7 Å². The first kappa shape index (κ1) is 17.1. The fourth-order valence-corrected chi connectivity index (χ4v) is 2.92. The van der Waals surface area contributed by atoms with E-state index in [2.05, 4.69) is 15.1 Å². The molecule has 0 radical (unpaired) electrons. The lowest BCUT2D eigenvalue weighted by atomic mass is 10.2. The number of hydrogen-bond donors (Lipinski definition) is 1. The normalized spacial score (nSPS) is 17.4. The molecule has 9 heteroatoms. The van der Waals surface area contributed by atoms with Crippen LogP contribution in [0, 0.1) is 0 Å². The SMILES string of the molecule is CC(C)c1noc([C@H]2CCCN2C(=O)CCn2ccc(=O)[nH]c2=O)n1. The van der Waals surface area contributed by atoms with E-state index in [-0.39, 0.29) is 30.8 Å². The molecule has 0 aliphatic carbocycles. The Balaban J connectivity index is 1.68. The molecule has 25 heavy (non-hydrogen) atoms. The first-order chi connectivity index (χ1) is 12.0. The van der Waals surface area contributed by atoms with E-state index in [4.69, 9.17) is 4.52 Å². The summed E-state index contributed by atoms with van der Waals surface area (Å²) in [7, 11) is 0. The number of rotatable bonds is 5. The summed E-state index contributed by atoms with van der Waals surface area (Å²) in [6.45, 7) is 4.80. The zero-order valence-corrected chi connectivity index (χ0v) is 14.3. The van der Waals surface area contributed by atoms with Crippen molar-refractivity contribution in [1.29, 1.82) is 0 Å². The minimum Gasteiger partial charge on any atom is -0.337 e. The average molecular weight is 347 g/mol. The Labute approximate surface area is 143 Å². The molecule has 9 nitrogen and oxygen atoms in total. The maximum absolute atomic E-state index is 12.6. The molecule has 0 aromatic carbocycles. The minimum absolute atomic E-state index is 0.0788. The monoisotopic (exact) mass is 347 g/mol. The average Bonchev–Trinajstić information content (AvgIpc) is 3.22. The van der Waals surface area contributed by atoms with Crippen molar-refractivity contribution >= 4 is 5.91 Å². The maximum atomic E-state index is 12.6. The summed E-state index contributed by atoms with van der Waals surface area (Å²) >= 11 is 0. The largest absolute Gasteiger partial charge is 0.337 e. The predicted octanol–water partition coefficient (Wildman–Crippen LogP) is 0.797. The highest BCUT2D eigenvalue weighted by atomic mass is 16.5. The van der Waals surface area contributed by atoms with Gasteiger partial charge in [-0.25, -0.2) is 4.79 Å². The van der Waals surface area contributed by atoms with Crippen LogP contribution in [0.3, 0.4) is 0 Å². The van der Waals surface area contributed by atoms with Crippen LogP contribution in [0.15, 0.2) is 26.4 Å². The van der Waals surface area contributed by atoms with Gasteiger partial charge in [0.1, 0.15) is 6.04 Å². The number of carbonyl (C=O) groups is 1. The Hall–Kier alpha value is -2.71. The lowest BCUT2D eigenvalue weighted by Crippen LogP contribution is -2.34. The molecular weight excluding hydrogens is 326 g/mol. The van der Waals surface area contributed by atoms with Gasteiger partial charge in [-0.05, 0) is 12.8 Å². The highest BCUT2D eigenvalue weighted by Crippen LogP contribution is 2.32. The molecule has 3 rings (SSSR count). The van der Waals surface area contributed by atoms with E-state index in [0.717, 1.165) is 12.8 Å². The van der Waals surface area contributed by atoms with Crippen molar-refractivity contribution in [1.82, 2.24) is 24.6 Å². The zero-order chi connectivity index (χ0) is 18.0. The molecular formula is C16H21N5O4. The number of hydrogen-bond acceptors (Lipinski definition) is 6. The third kappa shape index (κ3) is 3.70. The number of likely N-dealkylation sites (tertiary alicyclic amines) is 1. The molecule has 1 atom stereocenters. The predicted molar refractivity (Wildman–Crippen MR) is 88.0 cm³/mol.